The van der Waals surface area contributed by atoms with E-state index in [1.807, 2.05) is 4.90 Å². The fourth-order valence-corrected chi connectivity index (χ4v) is 2.63. The van der Waals surface area contributed by atoms with Crippen molar-refractivity contribution in [2.75, 3.05) is 36.4 Å². The molecule has 1 saturated heterocycles. The molecule has 3 rings (SSSR count). The minimum Gasteiger partial charge on any atom is -0.337 e. The molecule has 0 bridgehead atoms. The number of benzene rings is 1. The summed E-state index contributed by atoms with van der Waals surface area (Å²) in [6.45, 7) is 2.03. The summed E-state index contributed by atoms with van der Waals surface area (Å²) in [4.78, 5) is 36.3. The summed E-state index contributed by atoms with van der Waals surface area (Å²) in [5.74, 6) is -0.624. The fourth-order valence-electron chi connectivity index (χ4n) is 2.45. The van der Waals surface area contributed by atoms with Crippen LogP contribution in [0.25, 0.3) is 0 Å². The van der Waals surface area contributed by atoms with Crippen LogP contribution in [0, 0.1) is 0 Å². The second-order valence-corrected chi connectivity index (χ2v) is 5.67. The van der Waals surface area contributed by atoms with E-state index in [2.05, 4.69) is 15.3 Å². The quantitative estimate of drug-likeness (QED) is 0.833. The molecule has 2 aromatic rings. The number of aromatic nitrogens is 2. The standard InChI is InChI=1S/C16H16ClN5O2/c17-12-4-1-2-5-13(12)20-14(23)15(24)21-8-10-22(11-9-21)16-18-6-3-7-19-16/h1-7H,8-11H2,(H,20,23). The molecule has 7 nitrogen and oxygen atoms in total. The zero-order valence-corrected chi connectivity index (χ0v) is 13.6. The number of piperazine rings is 1. The number of carbonyl (C=O) groups is 2. The first-order valence-electron chi connectivity index (χ1n) is 7.52. The Hall–Kier alpha value is -2.67. The van der Waals surface area contributed by atoms with Crippen molar-refractivity contribution in [3.63, 3.8) is 0 Å². The molecule has 0 aliphatic carbocycles. The molecule has 8 heteroatoms. The van der Waals surface area contributed by atoms with Crippen LogP contribution in [0.2, 0.25) is 5.02 Å². The molecule has 124 valence electrons. The molecule has 0 radical (unpaired) electrons. The van der Waals surface area contributed by atoms with Gasteiger partial charge in [-0.25, -0.2) is 9.97 Å². The van der Waals surface area contributed by atoms with E-state index in [-0.39, 0.29) is 0 Å². The van der Waals surface area contributed by atoms with Gasteiger partial charge in [0.25, 0.3) is 0 Å². The lowest BCUT2D eigenvalue weighted by Gasteiger charge is -2.34. The van der Waals surface area contributed by atoms with Crippen molar-refractivity contribution in [2.45, 2.75) is 0 Å². The van der Waals surface area contributed by atoms with Crippen molar-refractivity contribution in [2.24, 2.45) is 0 Å². The molecule has 0 spiro atoms. The lowest BCUT2D eigenvalue weighted by molar-refractivity contribution is -0.143. The Balaban J connectivity index is 1.57. The molecule has 1 N–H and O–H groups in total. The number of carbonyl (C=O) groups excluding carboxylic acids is 2. The van der Waals surface area contributed by atoms with Gasteiger partial charge in [-0.3, -0.25) is 9.59 Å². The van der Waals surface area contributed by atoms with Crippen LogP contribution in [0.4, 0.5) is 11.6 Å². The molecule has 0 unspecified atom stereocenters. The van der Waals surface area contributed by atoms with Crippen molar-refractivity contribution >= 4 is 35.1 Å². The molecular weight excluding hydrogens is 330 g/mol. The number of anilines is 2. The second kappa shape index (κ2) is 7.27. The molecule has 1 aromatic carbocycles. The van der Waals surface area contributed by atoms with Crippen molar-refractivity contribution in [3.8, 4) is 0 Å². The zero-order chi connectivity index (χ0) is 16.9. The number of amides is 2. The molecule has 0 atom stereocenters. The molecule has 2 heterocycles. The van der Waals surface area contributed by atoms with Gasteiger partial charge >= 0.3 is 11.8 Å². The normalized spacial score (nSPS) is 14.4. The SMILES string of the molecule is O=C(Nc1ccccc1Cl)C(=O)N1CCN(c2ncccn2)CC1. The number of hydrogen-bond donors (Lipinski definition) is 1. The maximum absolute atomic E-state index is 12.3. The summed E-state index contributed by atoms with van der Waals surface area (Å²) in [6, 6.07) is 8.55. The predicted octanol–water partition coefficient (Wildman–Crippen LogP) is 1.42. The van der Waals surface area contributed by atoms with E-state index < -0.39 is 11.8 Å². The average molecular weight is 346 g/mol. The van der Waals surface area contributed by atoms with Gasteiger partial charge in [0.15, 0.2) is 0 Å². The highest BCUT2D eigenvalue weighted by molar-refractivity contribution is 6.41. The highest BCUT2D eigenvalue weighted by Crippen LogP contribution is 2.20. The molecule has 1 aromatic heterocycles. The van der Waals surface area contributed by atoms with Crippen LogP contribution in [0.15, 0.2) is 42.7 Å². The Kier molecular flexibility index (Phi) is 4.90. The predicted molar refractivity (Wildman–Crippen MR) is 90.9 cm³/mol. The van der Waals surface area contributed by atoms with E-state index >= 15 is 0 Å². The Labute approximate surface area is 144 Å². The minimum absolute atomic E-state index is 0.393. The van der Waals surface area contributed by atoms with Crippen molar-refractivity contribution in [1.29, 1.82) is 0 Å². The van der Waals surface area contributed by atoms with E-state index in [1.165, 1.54) is 4.90 Å². The monoisotopic (exact) mass is 345 g/mol. The third-order valence-corrected chi connectivity index (χ3v) is 4.05. The first kappa shape index (κ1) is 16.2. The summed E-state index contributed by atoms with van der Waals surface area (Å²) in [6.07, 6.45) is 3.35. The number of nitrogens with one attached hydrogen (secondary N) is 1. The van der Waals surface area contributed by atoms with Crippen LogP contribution in [0.5, 0.6) is 0 Å². The van der Waals surface area contributed by atoms with Crippen LogP contribution < -0.4 is 10.2 Å². The minimum atomic E-state index is -0.687. The van der Waals surface area contributed by atoms with Crippen molar-refractivity contribution in [1.82, 2.24) is 14.9 Å². The maximum atomic E-state index is 12.3. The molecule has 24 heavy (non-hydrogen) atoms. The summed E-state index contributed by atoms with van der Waals surface area (Å²) in [5, 5.41) is 2.94. The Morgan fingerprint density at radius 2 is 1.67 bits per heavy atom. The molecule has 2 amide bonds. The Morgan fingerprint density at radius 1 is 1.00 bits per heavy atom. The smallest absolute Gasteiger partial charge is 0.313 e. The number of halogens is 1. The van der Waals surface area contributed by atoms with Gasteiger partial charge in [0, 0.05) is 38.6 Å². The number of nitrogens with zero attached hydrogens (tertiary/aromatic N) is 4. The van der Waals surface area contributed by atoms with Gasteiger partial charge in [-0.1, -0.05) is 23.7 Å². The van der Waals surface area contributed by atoms with Crippen LogP contribution >= 0.6 is 11.6 Å². The molecule has 0 saturated carbocycles. The summed E-state index contributed by atoms with van der Waals surface area (Å²) >= 11 is 5.99. The van der Waals surface area contributed by atoms with E-state index in [0.29, 0.717) is 42.8 Å². The maximum Gasteiger partial charge on any atom is 0.313 e. The molecule has 1 aliphatic heterocycles. The highest BCUT2D eigenvalue weighted by Gasteiger charge is 2.27. The third-order valence-electron chi connectivity index (χ3n) is 3.72. The lowest BCUT2D eigenvalue weighted by Crippen LogP contribution is -2.52. The fraction of sp³-hybridized carbons (Fsp3) is 0.250. The second-order valence-electron chi connectivity index (χ2n) is 5.26. The zero-order valence-electron chi connectivity index (χ0n) is 12.9. The van der Waals surface area contributed by atoms with Gasteiger partial charge in [-0.2, -0.15) is 0 Å². The topological polar surface area (TPSA) is 78.4 Å². The molecule has 1 aliphatic rings. The van der Waals surface area contributed by atoms with Crippen LogP contribution in [0.3, 0.4) is 0 Å². The van der Waals surface area contributed by atoms with Gasteiger partial charge in [0.1, 0.15) is 0 Å². The van der Waals surface area contributed by atoms with Crippen LogP contribution in [-0.4, -0.2) is 52.9 Å². The van der Waals surface area contributed by atoms with Crippen LogP contribution in [-0.2, 0) is 9.59 Å². The summed E-state index contributed by atoms with van der Waals surface area (Å²) in [5.41, 5.74) is 0.425. The van der Waals surface area contributed by atoms with Gasteiger partial charge < -0.3 is 15.1 Å². The first-order valence-corrected chi connectivity index (χ1v) is 7.89. The molecule has 1 fully saturated rings. The van der Waals surface area contributed by atoms with E-state index in [9.17, 15) is 9.59 Å². The third kappa shape index (κ3) is 3.62. The summed E-state index contributed by atoms with van der Waals surface area (Å²) in [7, 11) is 0. The molecular formula is C16H16ClN5O2. The largest absolute Gasteiger partial charge is 0.337 e. The van der Waals surface area contributed by atoms with E-state index in [4.69, 9.17) is 11.6 Å². The lowest BCUT2D eigenvalue weighted by atomic mass is 10.3. The average Bonchev–Trinajstić information content (AvgIpc) is 2.64. The van der Waals surface area contributed by atoms with Gasteiger partial charge in [0.05, 0.1) is 10.7 Å². The van der Waals surface area contributed by atoms with Crippen LogP contribution in [0.1, 0.15) is 0 Å². The van der Waals surface area contributed by atoms with Gasteiger partial charge in [-0.15, -0.1) is 0 Å². The van der Waals surface area contributed by atoms with Gasteiger partial charge in [0.2, 0.25) is 5.95 Å². The van der Waals surface area contributed by atoms with Crippen molar-refractivity contribution < 1.29 is 9.59 Å². The number of rotatable bonds is 2. The Bertz CT molecular complexity index is 732. The number of hydrogen-bond acceptors (Lipinski definition) is 5. The van der Waals surface area contributed by atoms with E-state index in [1.54, 1.807) is 42.7 Å². The van der Waals surface area contributed by atoms with E-state index in [0.717, 1.165) is 0 Å². The Morgan fingerprint density at radius 3 is 2.33 bits per heavy atom. The number of para-hydroxylation sites is 1. The highest BCUT2D eigenvalue weighted by atomic mass is 35.5. The summed E-state index contributed by atoms with van der Waals surface area (Å²) < 4.78 is 0. The van der Waals surface area contributed by atoms with Gasteiger partial charge in [-0.05, 0) is 18.2 Å². The first-order chi connectivity index (χ1) is 11.6. The van der Waals surface area contributed by atoms with Crippen molar-refractivity contribution in [3.05, 3.63) is 47.7 Å².